The number of benzene rings is 2. The Labute approximate surface area is 161 Å². The van der Waals surface area contributed by atoms with Crippen molar-refractivity contribution in [2.45, 2.75) is 36.5 Å². The lowest BCUT2D eigenvalue weighted by atomic mass is 9.87. The molecule has 0 N–H and O–H groups in total. The smallest absolute Gasteiger partial charge is 0.198 e. The minimum Gasteiger partial charge on any atom is -0.360 e. The fourth-order valence-electron chi connectivity index (χ4n) is 3.41. The van der Waals surface area contributed by atoms with Crippen LogP contribution in [-0.4, -0.2) is 21.4 Å². The van der Waals surface area contributed by atoms with Crippen molar-refractivity contribution in [1.29, 1.82) is 0 Å². The lowest BCUT2D eigenvalue weighted by Crippen LogP contribution is -2.10. The molecule has 2 atom stereocenters. The van der Waals surface area contributed by atoms with E-state index in [1.807, 2.05) is 36.4 Å². The van der Waals surface area contributed by atoms with Crippen molar-refractivity contribution in [1.82, 2.24) is 5.16 Å². The van der Waals surface area contributed by atoms with Crippen molar-refractivity contribution in [3.63, 3.8) is 0 Å². The molecular weight excluding hydrogens is 358 g/mol. The zero-order valence-corrected chi connectivity index (χ0v) is 16.2. The van der Waals surface area contributed by atoms with Gasteiger partial charge in [0.15, 0.2) is 11.5 Å². The zero-order chi connectivity index (χ0) is 19.0. The summed E-state index contributed by atoms with van der Waals surface area (Å²) in [6.45, 7) is 2.07. The molecule has 0 radical (unpaired) electrons. The maximum absolute atomic E-state index is 13.3. The van der Waals surface area contributed by atoms with Crippen molar-refractivity contribution in [2.75, 3.05) is 6.26 Å². The Morgan fingerprint density at radius 1 is 1.15 bits per heavy atom. The summed E-state index contributed by atoms with van der Waals surface area (Å²) >= 11 is 0. The third-order valence-corrected chi connectivity index (χ3v) is 6.07. The summed E-state index contributed by atoms with van der Waals surface area (Å²) in [6.07, 6.45) is 5.25. The monoisotopic (exact) mass is 379 g/mol. The second kappa shape index (κ2) is 7.24. The summed E-state index contributed by atoms with van der Waals surface area (Å²) in [4.78, 5) is 14.0. The molecule has 1 aliphatic carbocycles. The van der Waals surface area contributed by atoms with E-state index in [0.717, 1.165) is 28.9 Å². The van der Waals surface area contributed by atoms with Crippen LogP contribution in [0.5, 0.6) is 0 Å². The Hall–Kier alpha value is -2.53. The predicted octanol–water partition coefficient (Wildman–Crippen LogP) is 4.67. The molecule has 1 saturated carbocycles. The molecule has 1 heterocycles. The van der Waals surface area contributed by atoms with E-state index in [0.29, 0.717) is 22.8 Å². The molecule has 0 spiro atoms. The Bertz CT molecular complexity index is 1010. The molecule has 2 unspecified atom stereocenters. The van der Waals surface area contributed by atoms with E-state index in [-0.39, 0.29) is 11.7 Å². The first-order valence-corrected chi connectivity index (χ1v) is 10.6. The van der Waals surface area contributed by atoms with Gasteiger partial charge in [0.1, 0.15) is 0 Å². The highest BCUT2D eigenvalue weighted by atomic mass is 32.2. The molecule has 1 aliphatic rings. The number of hydrogen-bond acceptors (Lipinski definition) is 4. The van der Waals surface area contributed by atoms with Crippen LogP contribution >= 0.6 is 0 Å². The third kappa shape index (κ3) is 3.52. The highest BCUT2D eigenvalue weighted by Crippen LogP contribution is 2.42. The highest BCUT2D eigenvalue weighted by Gasteiger charge is 2.33. The van der Waals surface area contributed by atoms with Crippen LogP contribution in [0.1, 0.15) is 64.4 Å². The lowest BCUT2D eigenvalue weighted by molar-refractivity contribution is 0.103. The summed E-state index contributed by atoms with van der Waals surface area (Å²) < 4.78 is 17.4. The van der Waals surface area contributed by atoms with Gasteiger partial charge in [0, 0.05) is 39.4 Å². The SMILES string of the molecule is CC(c1ccccc1)c1cc(S(C)=O)ccc1C(=O)c1cnoc1C1CC1. The third-order valence-electron chi connectivity index (χ3n) is 5.16. The van der Waals surface area contributed by atoms with Crippen molar-refractivity contribution < 1.29 is 13.5 Å². The van der Waals surface area contributed by atoms with Gasteiger partial charge in [-0.2, -0.15) is 0 Å². The van der Waals surface area contributed by atoms with Crippen molar-refractivity contribution in [3.8, 4) is 0 Å². The van der Waals surface area contributed by atoms with Crippen LogP contribution in [0.3, 0.4) is 0 Å². The van der Waals surface area contributed by atoms with Crippen LogP contribution in [0.25, 0.3) is 0 Å². The molecule has 0 saturated heterocycles. The topological polar surface area (TPSA) is 60.2 Å². The number of rotatable bonds is 6. The maximum atomic E-state index is 13.3. The van der Waals surface area contributed by atoms with Gasteiger partial charge in [0.05, 0.1) is 11.8 Å². The molecule has 0 amide bonds. The van der Waals surface area contributed by atoms with E-state index >= 15 is 0 Å². The molecule has 1 aromatic heterocycles. The lowest BCUT2D eigenvalue weighted by Gasteiger charge is -2.17. The number of aromatic nitrogens is 1. The van der Waals surface area contributed by atoms with E-state index in [1.165, 1.54) is 6.20 Å². The van der Waals surface area contributed by atoms with Crippen LogP contribution in [0.2, 0.25) is 0 Å². The van der Waals surface area contributed by atoms with Crippen LogP contribution < -0.4 is 0 Å². The fourth-order valence-corrected chi connectivity index (χ4v) is 3.96. The van der Waals surface area contributed by atoms with Crippen molar-refractivity contribution in [2.24, 2.45) is 0 Å². The largest absolute Gasteiger partial charge is 0.360 e. The van der Waals surface area contributed by atoms with Gasteiger partial charge in [-0.15, -0.1) is 0 Å². The van der Waals surface area contributed by atoms with Gasteiger partial charge in [0.2, 0.25) is 0 Å². The number of carbonyl (C=O) groups is 1. The maximum Gasteiger partial charge on any atom is 0.198 e. The van der Waals surface area contributed by atoms with Gasteiger partial charge in [-0.1, -0.05) is 42.4 Å². The average Bonchev–Trinajstić information content (AvgIpc) is 3.43. The molecule has 4 rings (SSSR count). The molecule has 0 aliphatic heterocycles. The molecule has 0 bridgehead atoms. The van der Waals surface area contributed by atoms with Gasteiger partial charge in [-0.25, -0.2) is 0 Å². The van der Waals surface area contributed by atoms with Crippen molar-refractivity contribution >= 4 is 16.6 Å². The summed E-state index contributed by atoms with van der Waals surface area (Å²) in [5.74, 6) is 0.924. The minimum absolute atomic E-state index is 0.00196. The van der Waals surface area contributed by atoms with Gasteiger partial charge < -0.3 is 4.52 Å². The molecule has 2 aromatic carbocycles. The molecular formula is C22H21NO3S. The van der Waals surface area contributed by atoms with Crippen LogP contribution in [0, 0.1) is 0 Å². The number of hydrogen-bond donors (Lipinski definition) is 0. The molecule has 1 fully saturated rings. The first kappa shape index (κ1) is 17.9. The number of nitrogens with zero attached hydrogens (tertiary/aromatic N) is 1. The molecule has 3 aromatic rings. The number of carbonyl (C=O) groups excluding carboxylic acids is 1. The van der Waals surface area contributed by atoms with E-state index in [9.17, 15) is 9.00 Å². The van der Waals surface area contributed by atoms with Crippen LogP contribution in [-0.2, 0) is 10.8 Å². The molecule has 138 valence electrons. The van der Waals surface area contributed by atoms with E-state index in [1.54, 1.807) is 18.4 Å². The summed E-state index contributed by atoms with van der Waals surface area (Å²) in [5, 5.41) is 3.86. The van der Waals surface area contributed by atoms with E-state index in [2.05, 4.69) is 12.1 Å². The Morgan fingerprint density at radius 3 is 2.56 bits per heavy atom. The normalized spacial score (nSPS) is 16.1. The average molecular weight is 379 g/mol. The Kier molecular flexibility index (Phi) is 4.79. The quantitative estimate of drug-likeness (QED) is 0.584. The molecule has 5 heteroatoms. The zero-order valence-electron chi connectivity index (χ0n) is 15.3. The summed E-state index contributed by atoms with van der Waals surface area (Å²) in [6, 6.07) is 15.5. The number of ketones is 1. The van der Waals surface area contributed by atoms with Gasteiger partial charge in [-0.3, -0.25) is 9.00 Å². The Balaban J connectivity index is 1.81. The predicted molar refractivity (Wildman–Crippen MR) is 105 cm³/mol. The van der Waals surface area contributed by atoms with Crippen molar-refractivity contribution in [3.05, 3.63) is 82.7 Å². The second-order valence-corrected chi connectivity index (χ2v) is 8.42. The second-order valence-electron chi connectivity index (χ2n) is 7.04. The molecule has 4 nitrogen and oxygen atoms in total. The minimum atomic E-state index is -1.11. The van der Waals surface area contributed by atoms with Crippen LogP contribution in [0.4, 0.5) is 0 Å². The van der Waals surface area contributed by atoms with Gasteiger partial charge in [-0.05, 0) is 42.2 Å². The van der Waals surface area contributed by atoms with E-state index < -0.39 is 10.8 Å². The van der Waals surface area contributed by atoms with Crippen LogP contribution in [0.15, 0.2) is 64.1 Å². The fraction of sp³-hybridized carbons (Fsp3) is 0.273. The summed E-state index contributed by atoms with van der Waals surface area (Å²) in [5.41, 5.74) is 3.15. The molecule has 27 heavy (non-hydrogen) atoms. The first-order valence-electron chi connectivity index (χ1n) is 9.08. The first-order chi connectivity index (χ1) is 13.1. The van der Waals surface area contributed by atoms with Gasteiger partial charge >= 0.3 is 0 Å². The standard InChI is InChI=1S/C22H21NO3S/c1-14(15-6-4-3-5-7-15)19-12-17(27(2)25)10-11-18(19)21(24)20-13-23-26-22(20)16-8-9-16/h3-7,10-14,16H,8-9H2,1-2H3. The van der Waals surface area contributed by atoms with Gasteiger partial charge in [0.25, 0.3) is 0 Å². The highest BCUT2D eigenvalue weighted by molar-refractivity contribution is 7.84. The Morgan fingerprint density at radius 2 is 1.89 bits per heavy atom. The van der Waals surface area contributed by atoms with E-state index in [4.69, 9.17) is 4.52 Å². The summed E-state index contributed by atoms with van der Waals surface area (Å²) in [7, 11) is -1.11.